The molecule has 0 saturated carbocycles. The molecule has 0 bridgehead atoms. The number of anilines is 1. The third-order valence-corrected chi connectivity index (χ3v) is 2.93. The van der Waals surface area contributed by atoms with Crippen LogP contribution >= 0.6 is 0 Å². The van der Waals surface area contributed by atoms with Crippen molar-refractivity contribution >= 4 is 5.69 Å². The Bertz CT molecular complexity index is 296. The van der Waals surface area contributed by atoms with Crippen LogP contribution in [0.2, 0.25) is 0 Å². The van der Waals surface area contributed by atoms with E-state index in [2.05, 4.69) is 31.9 Å². The van der Waals surface area contributed by atoms with Gasteiger partial charge in [0.2, 0.25) is 0 Å². The van der Waals surface area contributed by atoms with Crippen molar-refractivity contribution in [1.29, 1.82) is 0 Å². The van der Waals surface area contributed by atoms with E-state index >= 15 is 0 Å². The summed E-state index contributed by atoms with van der Waals surface area (Å²) in [5.41, 5.74) is 8.04. The lowest BCUT2D eigenvalue weighted by Gasteiger charge is -2.24. The summed E-state index contributed by atoms with van der Waals surface area (Å²) in [5.74, 6) is 0. The number of para-hydroxylation sites is 1. The normalized spacial score (nSPS) is 13.1. The van der Waals surface area contributed by atoms with Crippen molar-refractivity contribution in [3.63, 3.8) is 0 Å². The van der Waals surface area contributed by atoms with Crippen molar-refractivity contribution < 1.29 is 0 Å². The molecule has 0 radical (unpaired) electrons. The highest BCUT2D eigenvalue weighted by Crippen LogP contribution is 2.15. The van der Waals surface area contributed by atoms with E-state index in [4.69, 9.17) is 5.73 Å². The Morgan fingerprint density at radius 3 is 2.60 bits per heavy atom. The van der Waals surface area contributed by atoms with Crippen LogP contribution in [0.3, 0.4) is 0 Å². The van der Waals surface area contributed by atoms with Crippen molar-refractivity contribution in [3.8, 4) is 0 Å². The summed E-state index contributed by atoms with van der Waals surface area (Å²) in [6.07, 6.45) is 2.47. The van der Waals surface area contributed by atoms with Gasteiger partial charge >= 0.3 is 0 Å². The second kappa shape index (κ2) is 5.76. The van der Waals surface area contributed by atoms with E-state index in [0.717, 1.165) is 12.2 Å². The molecule has 15 heavy (non-hydrogen) atoms. The van der Waals surface area contributed by atoms with Crippen LogP contribution in [0.5, 0.6) is 0 Å². The molecule has 0 aliphatic rings. The third-order valence-electron chi connectivity index (χ3n) is 2.93. The van der Waals surface area contributed by atoms with Gasteiger partial charge in [0.1, 0.15) is 0 Å². The zero-order valence-corrected chi connectivity index (χ0v) is 10.0. The van der Waals surface area contributed by atoms with Gasteiger partial charge in [0.05, 0.1) is 0 Å². The summed E-state index contributed by atoms with van der Waals surface area (Å²) in [6, 6.07) is 8.71. The topological polar surface area (TPSA) is 29.3 Å². The standard InChI is InChI=1S/C13H22N2/c1-4-7-11(2)15(3)10-12-8-5-6-9-13(12)14/h5-6,8-9,11H,4,7,10,14H2,1-3H3. The van der Waals surface area contributed by atoms with Crippen molar-refractivity contribution in [3.05, 3.63) is 29.8 Å². The van der Waals surface area contributed by atoms with Crippen LogP contribution < -0.4 is 5.73 Å². The number of nitrogen functional groups attached to an aromatic ring is 1. The van der Waals surface area contributed by atoms with Gasteiger partial charge in [-0.2, -0.15) is 0 Å². The van der Waals surface area contributed by atoms with Gasteiger partial charge < -0.3 is 5.73 Å². The summed E-state index contributed by atoms with van der Waals surface area (Å²) in [5, 5.41) is 0. The van der Waals surface area contributed by atoms with Crippen molar-refractivity contribution in [1.82, 2.24) is 4.90 Å². The van der Waals surface area contributed by atoms with Crippen LogP contribution in [0, 0.1) is 0 Å². The molecule has 1 atom stereocenters. The van der Waals surface area contributed by atoms with E-state index in [-0.39, 0.29) is 0 Å². The Morgan fingerprint density at radius 1 is 1.33 bits per heavy atom. The molecule has 0 amide bonds. The zero-order valence-electron chi connectivity index (χ0n) is 10.0. The Balaban J connectivity index is 2.58. The first kappa shape index (κ1) is 12.1. The minimum atomic E-state index is 0.620. The summed E-state index contributed by atoms with van der Waals surface area (Å²) in [4.78, 5) is 2.36. The minimum Gasteiger partial charge on any atom is -0.398 e. The molecule has 2 nitrogen and oxygen atoms in total. The van der Waals surface area contributed by atoms with Gasteiger partial charge in [-0.3, -0.25) is 4.90 Å². The Hall–Kier alpha value is -1.02. The molecule has 0 aliphatic heterocycles. The molecule has 0 aliphatic carbocycles. The number of nitrogens with zero attached hydrogens (tertiary/aromatic N) is 1. The molecule has 1 unspecified atom stereocenters. The average molecular weight is 206 g/mol. The molecule has 0 saturated heterocycles. The number of rotatable bonds is 5. The van der Waals surface area contributed by atoms with Crippen LogP contribution in [0.4, 0.5) is 5.69 Å². The number of hydrogen-bond donors (Lipinski definition) is 1. The lowest BCUT2D eigenvalue weighted by Crippen LogP contribution is -2.28. The number of hydrogen-bond acceptors (Lipinski definition) is 2. The predicted octanol–water partition coefficient (Wildman–Crippen LogP) is 2.89. The fourth-order valence-corrected chi connectivity index (χ4v) is 1.74. The van der Waals surface area contributed by atoms with E-state index in [9.17, 15) is 0 Å². The first-order chi connectivity index (χ1) is 7.15. The molecule has 1 aromatic carbocycles. The van der Waals surface area contributed by atoms with Crippen LogP contribution in [0.25, 0.3) is 0 Å². The smallest absolute Gasteiger partial charge is 0.0359 e. The van der Waals surface area contributed by atoms with E-state index in [1.807, 2.05) is 18.2 Å². The SMILES string of the molecule is CCCC(C)N(C)Cc1ccccc1N. The number of nitrogens with two attached hydrogens (primary N) is 1. The quantitative estimate of drug-likeness (QED) is 0.751. The van der Waals surface area contributed by atoms with E-state index < -0.39 is 0 Å². The lowest BCUT2D eigenvalue weighted by atomic mass is 10.1. The Labute approximate surface area is 93.1 Å². The molecule has 0 aromatic heterocycles. The molecule has 84 valence electrons. The van der Waals surface area contributed by atoms with Gasteiger partial charge in [0.25, 0.3) is 0 Å². The fourth-order valence-electron chi connectivity index (χ4n) is 1.74. The van der Waals surface area contributed by atoms with Crippen LogP contribution in [-0.2, 0) is 6.54 Å². The third kappa shape index (κ3) is 3.56. The highest BCUT2D eigenvalue weighted by Gasteiger charge is 2.09. The molecule has 0 fully saturated rings. The van der Waals surface area contributed by atoms with Crippen molar-refractivity contribution in [2.45, 2.75) is 39.3 Å². The van der Waals surface area contributed by atoms with Crippen LogP contribution in [0.15, 0.2) is 24.3 Å². The molecular weight excluding hydrogens is 184 g/mol. The van der Waals surface area contributed by atoms with Gasteiger partial charge in [0, 0.05) is 18.3 Å². The molecule has 2 heteroatoms. The Morgan fingerprint density at radius 2 is 2.00 bits per heavy atom. The van der Waals surface area contributed by atoms with E-state index in [0.29, 0.717) is 6.04 Å². The summed E-state index contributed by atoms with van der Waals surface area (Å²) < 4.78 is 0. The maximum atomic E-state index is 5.92. The average Bonchev–Trinajstić information content (AvgIpc) is 2.21. The van der Waals surface area contributed by atoms with Gasteiger partial charge in [-0.25, -0.2) is 0 Å². The lowest BCUT2D eigenvalue weighted by molar-refractivity contribution is 0.237. The number of benzene rings is 1. The highest BCUT2D eigenvalue weighted by molar-refractivity contribution is 5.46. The minimum absolute atomic E-state index is 0.620. The molecular formula is C13H22N2. The zero-order chi connectivity index (χ0) is 11.3. The molecule has 2 N–H and O–H groups in total. The van der Waals surface area contributed by atoms with Gasteiger partial charge in [0.15, 0.2) is 0 Å². The van der Waals surface area contributed by atoms with Crippen LogP contribution in [0.1, 0.15) is 32.3 Å². The second-order valence-electron chi connectivity index (χ2n) is 4.25. The van der Waals surface area contributed by atoms with Crippen LogP contribution in [-0.4, -0.2) is 18.0 Å². The van der Waals surface area contributed by atoms with Gasteiger partial charge in [-0.05, 0) is 32.0 Å². The summed E-state index contributed by atoms with van der Waals surface area (Å²) >= 11 is 0. The highest BCUT2D eigenvalue weighted by atomic mass is 15.1. The van der Waals surface area contributed by atoms with E-state index in [1.54, 1.807) is 0 Å². The maximum Gasteiger partial charge on any atom is 0.0359 e. The largest absolute Gasteiger partial charge is 0.398 e. The molecule has 0 spiro atoms. The Kier molecular flexibility index (Phi) is 4.63. The van der Waals surface area contributed by atoms with Crippen molar-refractivity contribution in [2.24, 2.45) is 0 Å². The van der Waals surface area contributed by atoms with E-state index in [1.165, 1.54) is 18.4 Å². The second-order valence-corrected chi connectivity index (χ2v) is 4.25. The van der Waals surface area contributed by atoms with Crippen molar-refractivity contribution in [2.75, 3.05) is 12.8 Å². The first-order valence-electron chi connectivity index (χ1n) is 5.68. The molecule has 1 rings (SSSR count). The first-order valence-corrected chi connectivity index (χ1v) is 5.68. The summed E-state index contributed by atoms with van der Waals surface area (Å²) in [6.45, 7) is 5.43. The monoisotopic (exact) mass is 206 g/mol. The summed E-state index contributed by atoms with van der Waals surface area (Å²) in [7, 11) is 2.16. The molecule has 1 aromatic rings. The maximum absolute atomic E-state index is 5.92. The fraction of sp³-hybridized carbons (Fsp3) is 0.538. The van der Waals surface area contributed by atoms with Gasteiger partial charge in [-0.15, -0.1) is 0 Å². The van der Waals surface area contributed by atoms with Gasteiger partial charge in [-0.1, -0.05) is 31.5 Å². The molecule has 0 heterocycles. The predicted molar refractivity (Wildman–Crippen MR) is 66.7 cm³/mol.